The van der Waals surface area contributed by atoms with Gasteiger partial charge in [0.15, 0.2) is 0 Å². The molecule has 1 aromatic rings. The summed E-state index contributed by atoms with van der Waals surface area (Å²) < 4.78 is 0. The first-order chi connectivity index (χ1) is 7.19. The van der Waals surface area contributed by atoms with Crippen LogP contribution >= 0.6 is 0 Å². The second kappa shape index (κ2) is 5.92. The highest BCUT2D eigenvalue weighted by Gasteiger charge is 2.17. The van der Waals surface area contributed by atoms with Gasteiger partial charge in [-0.1, -0.05) is 56.5 Å². The van der Waals surface area contributed by atoms with E-state index < -0.39 is 0 Å². The summed E-state index contributed by atoms with van der Waals surface area (Å²) >= 11 is 0. The molecule has 1 nitrogen and oxygen atoms in total. The Morgan fingerprint density at radius 2 is 1.73 bits per heavy atom. The molecule has 0 spiro atoms. The Morgan fingerprint density at radius 3 is 2.20 bits per heavy atom. The number of rotatable bonds is 5. The van der Waals surface area contributed by atoms with Crippen molar-refractivity contribution < 1.29 is 5.11 Å². The first kappa shape index (κ1) is 12.3. The molecule has 1 rings (SSSR count). The van der Waals surface area contributed by atoms with E-state index in [-0.39, 0.29) is 6.10 Å². The molecule has 1 aromatic carbocycles. The van der Waals surface area contributed by atoms with Crippen LogP contribution in [0.1, 0.15) is 50.3 Å². The molecule has 0 aliphatic heterocycles. The van der Waals surface area contributed by atoms with E-state index >= 15 is 0 Å². The summed E-state index contributed by atoms with van der Waals surface area (Å²) in [6.07, 6.45) is 2.99. The van der Waals surface area contributed by atoms with Crippen LogP contribution in [0.2, 0.25) is 0 Å². The van der Waals surface area contributed by atoms with E-state index in [0.717, 1.165) is 24.8 Å². The molecule has 0 bridgehead atoms. The van der Waals surface area contributed by atoms with Gasteiger partial charge in [0.2, 0.25) is 0 Å². The Bertz CT molecular complexity index is 276. The average Bonchev–Trinajstić information content (AvgIpc) is 2.26. The molecule has 0 amide bonds. The molecule has 84 valence electrons. The summed E-state index contributed by atoms with van der Waals surface area (Å²) in [6, 6.07) is 8.21. The van der Waals surface area contributed by atoms with Crippen LogP contribution < -0.4 is 0 Å². The Hall–Kier alpha value is -0.820. The van der Waals surface area contributed by atoms with E-state index in [4.69, 9.17) is 0 Å². The van der Waals surface area contributed by atoms with E-state index in [9.17, 15) is 5.11 Å². The van der Waals surface area contributed by atoms with Crippen molar-refractivity contribution in [3.8, 4) is 0 Å². The van der Waals surface area contributed by atoms with Crippen LogP contribution in [-0.4, -0.2) is 5.11 Å². The van der Waals surface area contributed by atoms with Gasteiger partial charge in [0.1, 0.15) is 0 Å². The second-order valence-electron chi connectivity index (χ2n) is 4.31. The number of hydrogen-bond acceptors (Lipinski definition) is 1. The lowest BCUT2D eigenvalue weighted by Gasteiger charge is -2.21. The van der Waals surface area contributed by atoms with Crippen molar-refractivity contribution in [2.45, 2.75) is 46.1 Å². The fourth-order valence-electron chi connectivity index (χ4n) is 1.99. The largest absolute Gasteiger partial charge is 0.388 e. The molecule has 0 radical (unpaired) electrons. The predicted molar refractivity (Wildman–Crippen MR) is 64.8 cm³/mol. The molecular formula is C14H22O. The van der Waals surface area contributed by atoms with E-state index in [1.807, 2.05) is 12.1 Å². The molecule has 2 atom stereocenters. The van der Waals surface area contributed by atoms with Crippen molar-refractivity contribution >= 4 is 0 Å². The molecule has 15 heavy (non-hydrogen) atoms. The van der Waals surface area contributed by atoms with Crippen molar-refractivity contribution in [1.29, 1.82) is 0 Å². The zero-order valence-electron chi connectivity index (χ0n) is 10.0. The minimum Gasteiger partial charge on any atom is -0.388 e. The maximum absolute atomic E-state index is 10.2. The Balaban J connectivity index is 2.73. The topological polar surface area (TPSA) is 20.2 Å². The normalized spacial score (nSPS) is 14.9. The zero-order chi connectivity index (χ0) is 11.3. The van der Waals surface area contributed by atoms with Crippen molar-refractivity contribution in [2.24, 2.45) is 5.92 Å². The minimum absolute atomic E-state index is 0.296. The standard InChI is InChI=1S/C14H22O/c1-4-6-12(5-2)14(15)13-9-7-11(3)8-10-13/h7-10,12,14-15H,4-6H2,1-3H3. The Kier molecular flexibility index (Phi) is 4.83. The summed E-state index contributed by atoms with van der Waals surface area (Å²) in [4.78, 5) is 0. The quantitative estimate of drug-likeness (QED) is 0.775. The number of benzene rings is 1. The van der Waals surface area contributed by atoms with Gasteiger partial charge in [-0.2, -0.15) is 0 Å². The van der Waals surface area contributed by atoms with Crippen LogP contribution in [-0.2, 0) is 0 Å². The molecule has 0 saturated heterocycles. The third-order valence-corrected chi connectivity index (χ3v) is 3.05. The van der Waals surface area contributed by atoms with Crippen LogP contribution in [0.4, 0.5) is 0 Å². The maximum atomic E-state index is 10.2. The van der Waals surface area contributed by atoms with Crippen molar-refractivity contribution in [3.63, 3.8) is 0 Å². The van der Waals surface area contributed by atoms with E-state index in [0.29, 0.717) is 5.92 Å². The lowest BCUT2D eigenvalue weighted by Crippen LogP contribution is -2.11. The molecule has 1 heteroatoms. The molecule has 0 aliphatic rings. The van der Waals surface area contributed by atoms with Gasteiger partial charge in [0.25, 0.3) is 0 Å². The number of hydrogen-bond donors (Lipinski definition) is 1. The Labute approximate surface area is 93.1 Å². The van der Waals surface area contributed by atoms with Crippen LogP contribution in [0.25, 0.3) is 0 Å². The molecule has 0 aromatic heterocycles. The molecule has 2 unspecified atom stereocenters. The van der Waals surface area contributed by atoms with Gasteiger partial charge >= 0.3 is 0 Å². The van der Waals surface area contributed by atoms with E-state index in [1.165, 1.54) is 5.56 Å². The molecular weight excluding hydrogens is 184 g/mol. The summed E-state index contributed by atoms with van der Waals surface area (Å²) in [7, 11) is 0. The summed E-state index contributed by atoms with van der Waals surface area (Å²) in [5.74, 6) is 0.401. The lowest BCUT2D eigenvalue weighted by molar-refractivity contribution is 0.0998. The van der Waals surface area contributed by atoms with Crippen molar-refractivity contribution in [1.82, 2.24) is 0 Å². The van der Waals surface area contributed by atoms with Crippen LogP contribution in [0.15, 0.2) is 24.3 Å². The highest BCUT2D eigenvalue weighted by Crippen LogP contribution is 2.28. The second-order valence-corrected chi connectivity index (χ2v) is 4.31. The average molecular weight is 206 g/mol. The van der Waals surface area contributed by atoms with E-state index in [1.54, 1.807) is 0 Å². The fourth-order valence-corrected chi connectivity index (χ4v) is 1.99. The fraction of sp³-hybridized carbons (Fsp3) is 0.571. The van der Waals surface area contributed by atoms with Crippen LogP contribution in [0.5, 0.6) is 0 Å². The third kappa shape index (κ3) is 3.35. The third-order valence-electron chi connectivity index (χ3n) is 3.05. The van der Waals surface area contributed by atoms with Gasteiger partial charge in [-0.25, -0.2) is 0 Å². The van der Waals surface area contributed by atoms with Gasteiger partial charge in [-0.05, 0) is 24.8 Å². The first-order valence-corrected chi connectivity index (χ1v) is 5.93. The number of aliphatic hydroxyl groups excluding tert-OH is 1. The van der Waals surface area contributed by atoms with Crippen LogP contribution in [0.3, 0.4) is 0 Å². The molecule has 0 fully saturated rings. The number of aryl methyl sites for hydroxylation is 1. The smallest absolute Gasteiger partial charge is 0.0818 e. The minimum atomic E-state index is -0.296. The SMILES string of the molecule is CCCC(CC)C(O)c1ccc(C)cc1. The molecule has 0 saturated carbocycles. The molecule has 1 N–H and O–H groups in total. The molecule has 0 heterocycles. The van der Waals surface area contributed by atoms with Crippen molar-refractivity contribution in [3.05, 3.63) is 35.4 Å². The first-order valence-electron chi connectivity index (χ1n) is 5.93. The van der Waals surface area contributed by atoms with E-state index in [2.05, 4.69) is 32.9 Å². The van der Waals surface area contributed by atoms with Gasteiger partial charge < -0.3 is 5.11 Å². The lowest BCUT2D eigenvalue weighted by atomic mass is 9.89. The highest BCUT2D eigenvalue weighted by atomic mass is 16.3. The zero-order valence-corrected chi connectivity index (χ0v) is 10.0. The molecule has 0 aliphatic carbocycles. The summed E-state index contributed by atoms with van der Waals surface area (Å²) in [5, 5.41) is 10.2. The van der Waals surface area contributed by atoms with Gasteiger partial charge in [0.05, 0.1) is 6.10 Å². The van der Waals surface area contributed by atoms with Crippen molar-refractivity contribution in [2.75, 3.05) is 0 Å². The monoisotopic (exact) mass is 206 g/mol. The van der Waals surface area contributed by atoms with Gasteiger partial charge in [-0.15, -0.1) is 0 Å². The number of aliphatic hydroxyl groups is 1. The summed E-state index contributed by atoms with van der Waals surface area (Å²) in [6.45, 7) is 6.39. The summed E-state index contributed by atoms with van der Waals surface area (Å²) in [5.41, 5.74) is 2.30. The van der Waals surface area contributed by atoms with Crippen LogP contribution in [0, 0.1) is 12.8 Å². The maximum Gasteiger partial charge on any atom is 0.0818 e. The van der Waals surface area contributed by atoms with Gasteiger partial charge in [-0.3, -0.25) is 0 Å². The van der Waals surface area contributed by atoms with Gasteiger partial charge in [0, 0.05) is 0 Å². The Morgan fingerprint density at radius 1 is 1.13 bits per heavy atom. The highest BCUT2D eigenvalue weighted by molar-refractivity contribution is 5.23. The predicted octanol–water partition coefficient (Wildman–Crippen LogP) is 3.85.